The Hall–Kier alpha value is -3.40. The normalized spacial score (nSPS) is 14.1. The number of rotatable bonds is 12. The molecule has 0 aliphatic carbocycles. The van der Waals surface area contributed by atoms with Gasteiger partial charge in [0, 0.05) is 29.1 Å². The van der Waals surface area contributed by atoms with Crippen LogP contribution >= 0.6 is 0 Å². The first-order valence-electron chi connectivity index (χ1n) is 11.7. The highest BCUT2D eigenvalue weighted by molar-refractivity contribution is 6.00. The molecule has 1 aromatic rings. The minimum atomic E-state index is -0.971. The minimum Gasteiger partial charge on any atom is -0.493 e. The molecule has 0 spiro atoms. The third-order valence-electron chi connectivity index (χ3n) is 6.11. The largest absolute Gasteiger partial charge is 0.493 e. The zero-order valence-electron chi connectivity index (χ0n) is 21.3. The van der Waals surface area contributed by atoms with Gasteiger partial charge < -0.3 is 24.4 Å². The lowest BCUT2D eigenvalue weighted by atomic mass is 9.80. The molecular formula is C25H35N3O7. The number of hydrogen-bond acceptors (Lipinski definition) is 9. The van der Waals surface area contributed by atoms with E-state index in [-0.39, 0.29) is 16.8 Å². The van der Waals surface area contributed by atoms with Gasteiger partial charge in [-0.25, -0.2) is 9.59 Å². The van der Waals surface area contributed by atoms with Crippen LogP contribution in [0.5, 0.6) is 5.75 Å². The maximum absolute atomic E-state index is 12.8. The molecule has 0 radical (unpaired) electrons. The highest BCUT2D eigenvalue weighted by Gasteiger charge is 2.39. The molecule has 35 heavy (non-hydrogen) atoms. The van der Waals surface area contributed by atoms with E-state index in [0.29, 0.717) is 29.3 Å². The van der Waals surface area contributed by atoms with Crippen LogP contribution in [0.15, 0.2) is 40.7 Å². The number of nitrogens with zero attached hydrogens (tertiary/aromatic N) is 2. The first-order valence-corrected chi connectivity index (χ1v) is 11.7. The second kappa shape index (κ2) is 12.9. The molecule has 0 fully saturated rings. The van der Waals surface area contributed by atoms with E-state index < -0.39 is 22.8 Å². The van der Waals surface area contributed by atoms with Crippen LogP contribution in [0.2, 0.25) is 0 Å². The van der Waals surface area contributed by atoms with Crippen molar-refractivity contribution in [3.8, 4) is 5.75 Å². The predicted molar refractivity (Wildman–Crippen MR) is 131 cm³/mol. The zero-order valence-corrected chi connectivity index (χ0v) is 21.3. The molecule has 1 aliphatic heterocycles. The Kier molecular flexibility index (Phi) is 10.3. The van der Waals surface area contributed by atoms with Gasteiger partial charge in [0.05, 0.1) is 42.8 Å². The van der Waals surface area contributed by atoms with Crippen molar-refractivity contribution in [2.45, 2.75) is 46.5 Å². The number of allylic oxidation sites excluding steroid dienone is 2. The van der Waals surface area contributed by atoms with E-state index in [0.717, 1.165) is 32.5 Å². The summed E-state index contributed by atoms with van der Waals surface area (Å²) in [4.78, 5) is 39.0. The van der Waals surface area contributed by atoms with Gasteiger partial charge in [-0.05, 0) is 52.4 Å². The topological polar surface area (TPSA) is 120 Å². The van der Waals surface area contributed by atoms with Gasteiger partial charge in [0.2, 0.25) is 0 Å². The Bertz CT molecular complexity index is 974. The zero-order chi connectivity index (χ0) is 26.1. The Morgan fingerprint density at radius 2 is 1.60 bits per heavy atom. The number of carbonyl (C=O) groups is 2. The lowest BCUT2D eigenvalue weighted by molar-refractivity contribution is -0.384. The van der Waals surface area contributed by atoms with Gasteiger partial charge in [0.25, 0.3) is 5.69 Å². The molecule has 1 N–H and O–H groups in total. The van der Waals surface area contributed by atoms with Crippen molar-refractivity contribution in [1.82, 2.24) is 10.2 Å². The summed E-state index contributed by atoms with van der Waals surface area (Å²) in [6, 6.07) is 4.20. The number of benzene rings is 1. The second-order valence-corrected chi connectivity index (χ2v) is 8.18. The number of nitro benzene ring substituents is 1. The number of dihydropyridines is 1. The van der Waals surface area contributed by atoms with E-state index in [2.05, 4.69) is 24.1 Å². The van der Waals surface area contributed by atoms with Gasteiger partial charge >= 0.3 is 11.9 Å². The molecule has 0 atom stereocenters. The SMILES string of the molecule is CCN(CC)CCCCOc1ccc([N+](=O)[O-])cc1C1C(C(=O)OC)=C(C)NC(C)=C1C(=O)OC. The highest BCUT2D eigenvalue weighted by atomic mass is 16.6. The average Bonchev–Trinajstić information content (AvgIpc) is 2.84. The standard InChI is InChI=1S/C25H35N3O7/c1-7-27(8-2)13-9-10-14-35-20-12-11-18(28(31)32)15-19(20)23-21(24(29)33-5)16(3)26-17(4)22(23)25(30)34-6/h11-12,15,23,26H,7-10,13-14H2,1-6H3. The number of hydrogen-bond donors (Lipinski definition) is 1. The Morgan fingerprint density at radius 3 is 2.09 bits per heavy atom. The van der Waals surface area contributed by atoms with Crippen molar-refractivity contribution < 1.29 is 28.7 Å². The molecule has 2 rings (SSSR count). The van der Waals surface area contributed by atoms with Crippen molar-refractivity contribution in [2.75, 3.05) is 40.5 Å². The number of nitro groups is 1. The summed E-state index contributed by atoms with van der Waals surface area (Å²) >= 11 is 0. The predicted octanol–water partition coefficient (Wildman–Crippen LogP) is 3.68. The molecule has 1 aliphatic rings. The van der Waals surface area contributed by atoms with Crippen LogP contribution < -0.4 is 10.1 Å². The van der Waals surface area contributed by atoms with E-state index in [9.17, 15) is 19.7 Å². The Balaban J connectivity index is 2.52. The summed E-state index contributed by atoms with van der Waals surface area (Å²) in [7, 11) is 2.48. The average molecular weight is 490 g/mol. The number of nitrogens with one attached hydrogen (secondary N) is 1. The molecular weight excluding hydrogens is 454 g/mol. The molecule has 0 unspecified atom stereocenters. The summed E-state index contributed by atoms with van der Waals surface area (Å²) < 4.78 is 16.0. The fourth-order valence-corrected chi connectivity index (χ4v) is 4.23. The van der Waals surface area contributed by atoms with Crippen molar-refractivity contribution in [3.05, 3.63) is 56.4 Å². The molecule has 1 aromatic carbocycles. The van der Waals surface area contributed by atoms with Crippen molar-refractivity contribution >= 4 is 17.6 Å². The highest BCUT2D eigenvalue weighted by Crippen LogP contribution is 2.44. The molecule has 192 valence electrons. The van der Waals surface area contributed by atoms with E-state index in [1.165, 1.54) is 32.4 Å². The van der Waals surface area contributed by atoms with Gasteiger partial charge in [-0.15, -0.1) is 0 Å². The third kappa shape index (κ3) is 6.60. The van der Waals surface area contributed by atoms with Crippen LogP contribution in [0.1, 0.15) is 52.0 Å². The molecule has 0 amide bonds. The molecule has 1 heterocycles. The fraction of sp³-hybridized carbons (Fsp3) is 0.520. The van der Waals surface area contributed by atoms with Gasteiger partial charge in [-0.1, -0.05) is 13.8 Å². The van der Waals surface area contributed by atoms with Gasteiger partial charge in [0.1, 0.15) is 5.75 Å². The Morgan fingerprint density at radius 1 is 1.03 bits per heavy atom. The van der Waals surface area contributed by atoms with Crippen molar-refractivity contribution in [2.24, 2.45) is 0 Å². The second-order valence-electron chi connectivity index (χ2n) is 8.18. The summed E-state index contributed by atoms with van der Waals surface area (Å²) in [5.74, 6) is -1.94. The van der Waals surface area contributed by atoms with E-state index in [4.69, 9.17) is 14.2 Å². The smallest absolute Gasteiger partial charge is 0.336 e. The summed E-state index contributed by atoms with van der Waals surface area (Å²) in [5.41, 5.74) is 1.41. The number of esters is 2. The van der Waals surface area contributed by atoms with Crippen molar-refractivity contribution in [3.63, 3.8) is 0 Å². The lowest BCUT2D eigenvalue weighted by Crippen LogP contribution is -2.32. The van der Waals surface area contributed by atoms with Crippen LogP contribution in [-0.2, 0) is 19.1 Å². The van der Waals surface area contributed by atoms with Crippen molar-refractivity contribution in [1.29, 1.82) is 0 Å². The van der Waals surface area contributed by atoms with Crippen LogP contribution in [0.25, 0.3) is 0 Å². The summed E-state index contributed by atoms with van der Waals surface area (Å²) in [5, 5.41) is 14.6. The number of unbranched alkanes of at least 4 members (excludes halogenated alkanes) is 1. The maximum Gasteiger partial charge on any atom is 0.336 e. The number of carbonyl (C=O) groups excluding carboxylic acids is 2. The summed E-state index contributed by atoms with van der Waals surface area (Å²) in [6.07, 6.45) is 1.70. The molecule has 0 saturated heterocycles. The van der Waals surface area contributed by atoms with Crippen LogP contribution in [0, 0.1) is 10.1 Å². The number of methoxy groups -OCH3 is 2. The van der Waals surface area contributed by atoms with Gasteiger partial charge in [0.15, 0.2) is 0 Å². The maximum atomic E-state index is 12.8. The third-order valence-corrected chi connectivity index (χ3v) is 6.11. The molecule has 0 bridgehead atoms. The Labute approximate surface area is 206 Å². The van der Waals surface area contributed by atoms with Gasteiger partial charge in [-0.2, -0.15) is 0 Å². The first-order chi connectivity index (χ1) is 16.7. The molecule has 10 heteroatoms. The molecule has 0 saturated carbocycles. The van der Waals surface area contributed by atoms with Crippen LogP contribution in [0.3, 0.4) is 0 Å². The van der Waals surface area contributed by atoms with E-state index in [1.807, 2.05) is 0 Å². The monoisotopic (exact) mass is 489 g/mol. The quantitative estimate of drug-likeness (QED) is 0.203. The fourth-order valence-electron chi connectivity index (χ4n) is 4.23. The summed E-state index contributed by atoms with van der Waals surface area (Å²) in [6.45, 7) is 10.9. The van der Waals surface area contributed by atoms with Gasteiger partial charge in [-0.3, -0.25) is 10.1 Å². The minimum absolute atomic E-state index is 0.158. The molecule has 10 nitrogen and oxygen atoms in total. The van der Waals surface area contributed by atoms with Crippen LogP contribution in [-0.4, -0.2) is 62.2 Å². The first kappa shape index (κ1) is 27.8. The van der Waals surface area contributed by atoms with E-state index >= 15 is 0 Å². The van der Waals surface area contributed by atoms with E-state index in [1.54, 1.807) is 13.8 Å². The molecule has 0 aromatic heterocycles. The van der Waals surface area contributed by atoms with Crippen LogP contribution in [0.4, 0.5) is 5.69 Å². The number of non-ortho nitro benzene ring substituents is 1. The number of ether oxygens (including phenoxy) is 3. The lowest BCUT2D eigenvalue weighted by Gasteiger charge is -2.30.